The number of nitrogens with zero attached hydrogens (tertiary/aromatic N) is 2. The van der Waals surface area contributed by atoms with Gasteiger partial charge < -0.3 is 15.2 Å². The fourth-order valence-electron chi connectivity index (χ4n) is 2.74. The summed E-state index contributed by atoms with van der Waals surface area (Å²) in [6.45, 7) is 3.84. The van der Waals surface area contributed by atoms with Crippen molar-refractivity contribution in [3.63, 3.8) is 0 Å². The Hall–Kier alpha value is -2.52. The first-order valence-corrected chi connectivity index (χ1v) is 10.2. The normalized spacial score (nSPS) is 10.9. The minimum atomic E-state index is -0.311. The van der Waals surface area contributed by atoms with Gasteiger partial charge >= 0.3 is 0 Å². The zero-order valence-corrected chi connectivity index (χ0v) is 18.0. The highest BCUT2D eigenvalue weighted by molar-refractivity contribution is 9.10. The lowest BCUT2D eigenvalue weighted by Crippen LogP contribution is -2.27. The number of nitrogens with one attached hydrogen (secondary N) is 2. The van der Waals surface area contributed by atoms with Crippen molar-refractivity contribution in [2.75, 3.05) is 11.9 Å². The SMILES string of the molecule is Cc1ccc(Br)cc1NC(=O)CCNC(=O)c1sc2ncn(C)c(=O)c2c1C. The molecule has 0 fully saturated rings. The average molecular weight is 463 g/mol. The van der Waals surface area contributed by atoms with E-state index in [2.05, 4.69) is 31.5 Å². The van der Waals surface area contributed by atoms with Crippen LogP contribution in [0, 0.1) is 13.8 Å². The molecular weight excluding hydrogens is 444 g/mol. The highest BCUT2D eigenvalue weighted by atomic mass is 79.9. The number of hydrogen-bond acceptors (Lipinski definition) is 5. The van der Waals surface area contributed by atoms with Crippen LogP contribution in [0.25, 0.3) is 10.2 Å². The fraction of sp³-hybridized carbons (Fsp3) is 0.263. The number of thiophene rings is 1. The minimum Gasteiger partial charge on any atom is -0.351 e. The monoisotopic (exact) mass is 462 g/mol. The Labute approximate surface area is 173 Å². The molecule has 1 aromatic carbocycles. The maximum Gasteiger partial charge on any atom is 0.262 e. The van der Waals surface area contributed by atoms with E-state index in [1.807, 2.05) is 25.1 Å². The van der Waals surface area contributed by atoms with Gasteiger partial charge in [0.25, 0.3) is 11.5 Å². The molecule has 3 rings (SSSR count). The summed E-state index contributed by atoms with van der Waals surface area (Å²) < 4.78 is 2.26. The van der Waals surface area contributed by atoms with Crippen LogP contribution < -0.4 is 16.2 Å². The standard InChI is InChI=1S/C19H19BrN4O3S/c1-10-4-5-12(20)8-13(10)23-14(25)6-7-21-17(26)16-11(2)15-18(28-16)22-9-24(3)19(15)27/h4-5,8-9H,6-7H2,1-3H3,(H,21,26)(H,23,25). The maximum atomic E-state index is 12.5. The van der Waals surface area contributed by atoms with Gasteiger partial charge in [-0.2, -0.15) is 0 Å². The third-order valence-corrected chi connectivity index (χ3v) is 6.02. The molecule has 0 aliphatic rings. The molecule has 0 aliphatic carbocycles. The molecule has 28 heavy (non-hydrogen) atoms. The Morgan fingerprint density at radius 1 is 1.29 bits per heavy atom. The van der Waals surface area contributed by atoms with Crippen LogP contribution in [0.2, 0.25) is 0 Å². The number of amides is 2. The van der Waals surface area contributed by atoms with Gasteiger partial charge in [0.05, 0.1) is 16.6 Å². The van der Waals surface area contributed by atoms with E-state index < -0.39 is 0 Å². The molecule has 9 heteroatoms. The maximum absolute atomic E-state index is 12.5. The Balaban J connectivity index is 1.63. The molecule has 7 nitrogen and oxygen atoms in total. The molecule has 0 radical (unpaired) electrons. The van der Waals surface area contributed by atoms with Crippen molar-refractivity contribution in [2.45, 2.75) is 20.3 Å². The predicted octanol–water partition coefficient (Wildman–Crippen LogP) is 3.13. The molecule has 0 aliphatic heterocycles. The third-order valence-electron chi connectivity index (χ3n) is 4.33. The molecule has 2 aromatic heterocycles. The first-order chi connectivity index (χ1) is 13.3. The van der Waals surface area contributed by atoms with Crippen molar-refractivity contribution in [3.05, 3.63) is 55.4 Å². The Bertz CT molecular complexity index is 1140. The van der Waals surface area contributed by atoms with Gasteiger partial charge in [-0.1, -0.05) is 22.0 Å². The van der Waals surface area contributed by atoms with E-state index in [-0.39, 0.29) is 30.3 Å². The van der Waals surface area contributed by atoms with Gasteiger partial charge in [-0.25, -0.2) is 4.98 Å². The molecule has 0 atom stereocenters. The summed E-state index contributed by atoms with van der Waals surface area (Å²) in [6, 6.07) is 5.64. The van der Waals surface area contributed by atoms with Crippen LogP contribution >= 0.6 is 27.3 Å². The number of aromatic nitrogens is 2. The number of anilines is 1. The molecule has 2 N–H and O–H groups in total. The molecular formula is C19H19BrN4O3S. The van der Waals surface area contributed by atoms with Crippen molar-refractivity contribution in [1.29, 1.82) is 0 Å². The van der Waals surface area contributed by atoms with Crippen molar-refractivity contribution in [3.8, 4) is 0 Å². The largest absolute Gasteiger partial charge is 0.351 e. The molecule has 0 saturated carbocycles. The molecule has 146 valence electrons. The van der Waals surface area contributed by atoms with E-state index >= 15 is 0 Å². The van der Waals surface area contributed by atoms with E-state index in [0.29, 0.717) is 20.7 Å². The molecule has 0 unspecified atom stereocenters. The molecule has 3 aromatic rings. The number of benzene rings is 1. The number of hydrogen-bond donors (Lipinski definition) is 2. The summed E-state index contributed by atoms with van der Waals surface area (Å²) in [5, 5.41) is 6.04. The van der Waals surface area contributed by atoms with Gasteiger partial charge in [0.1, 0.15) is 4.83 Å². The van der Waals surface area contributed by atoms with Crippen LogP contribution in [0.5, 0.6) is 0 Å². The lowest BCUT2D eigenvalue weighted by Gasteiger charge is -2.09. The van der Waals surface area contributed by atoms with Crippen LogP contribution in [0.4, 0.5) is 5.69 Å². The summed E-state index contributed by atoms with van der Waals surface area (Å²) in [5.41, 5.74) is 2.12. The number of halogens is 1. The lowest BCUT2D eigenvalue weighted by molar-refractivity contribution is -0.116. The molecule has 0 bridgehead atoms. The van der Waals surface area contributed by atoms with Gasteiger partial charge in [0.2, 0.25) is 5.91 Å². The summed E-state index contributed by atoms with van der Waals surface area (Å²) >= 11 is 4.56. The van der Waals surface area contributed by atoms with Gasteiger partial charge in [-0.3, -0.25) is 14.4 Å². The van der Waals surface area contributed by atoms with E-state index in [4.69, 9.17) is 0 Å². The smallest absolute Gasteiger partial charge is 0.262 e. The summed E-state index contributed by atoms with van der Waals surface area (Å²) in [6.07, 6.45) is 1.58. The van der Waals surface area contributed by atoms with Crippen molar-refractivity contribution >= 4 is 55.0 Å². The third kappa shape index (κ3) is 4.15. The van der Waals surface area contributed by atoms with Crippen LogP contribution in [-0.2, 0) is 11.8 Å². The second-order valence-corrected chi connectivity index (χ2v) is 8.33. The summed E-state index contributed by atoms with van der Waals surface area (Å²) in [4.78, 5) is 42.1. The van der Waals surface area contributed by atoms with E-state index in [0.717, 1.165) is 15.7 Å². The Morgan fingerprint density at radius 3 is 2.79 bits per heavy atom. The van der Waals surface area contributed by atoms with Crippen LogP contribution in [0.15, 0.2) is 33.8 Å². The highest BCUT2D eigenvalue weighted by Crippen LogP contribution is 2.26. The van der Waals surface area contributed by atoms with Gasteiger partial charge in [0.15, 0.2) is 0 Å². The summed E-state index contributed by atoms with van der Waals surface area (Å²) in [7, 11) is 1.62. The second kappa shape index (κ2) is 8.24. The van der Waals surface area contributed by atoms with Crippen LogP contribution in [0.3, 0.4) is 0 Å². The van der Waals surface area contributed by atoms with Gasteiger partial charge in [-0.15, -0.1) is 11.3 Å². The van der Waals surface area contributed by atoms with E-state index in [1.54, 1.807) is 14.0 Å². The number of carbonyl (C=O) groups is 2. The highest BCUT2D eigenvalue weighted by Gasteiger charge is 2.19. The van der Waals surface area contributed by atoms with E-state index in [1.165, 1.54) is 22.2 Å². The number of rotatable bonds is 5. The van der Waals surface area contributed by atoms with Crippen molar-refractivity contribution < 1.29 is 9.59 Å². The average Bonchev–Trinajstić information content (AvgIpc) is 2.98. The number of aryl methyl sites for hydroxylation is 3. The minimum absolute atomic E-state index is 0.141. The number of carbonyl (C=O) groups excluding carboxylic acids is 2. The Morgan fingerprint density at radius 2 is 2.04 bits per heavy atom. The second-order valence-electron chi connectivity index (χ2n) is 6.41. The Kier molecular flexibility index (Phi) is 5.95. The quantitative estimate of drug-likeness (QED) is 0.608. The first-order valence-electron chi connectivity index (χ1n) is 8.57. The number of fused-ring (bicyclic) bond motifs is 1. The molecule has 0 spiro atoms. The fourth-order valence-corrected chi connectivity index (χ4v) is 4.15. The predicted molar refractivity (Wildman–Crippen MR) is 114 cm³/mol. The lowest BCUT2D eigenvalue weighted by atomic mass is 10.2. The van der Waals surface area contributed by atoms with Crippen LogP contribution in [0.1, 0.15) is 27.2 Å². The zero-order valence-electron chi connectivity index (χ0n) is 15.6. The summed E-state index contributed by atoms with van der Waals surface area (Å²) in [5.74, 6) is -0.501. The van der Waals surface area contributed by atoms with Crippen molar-refractivity contribution in [2.24, 2.45) is 7.05 Å². The van der Waals surface area contributed by atoms with Gasteiger partial charge in [-0.05, 0) is 37.1 Å². The molecule has 2 amide bonds. The molecule has 2 heterocycles. The van der Waals surface area contributed by atoms with E-state index in [9.17, 15) is 14.4 Å². The van der Waals surface area contributed by atoms with Crippen molar-refractivity contribution in [1.82, 2.24) is 14.9 Å². The topological polar surface area (TPSA) is 93.1 Å². The first kappa shape index (κ1) is 20.2. The van der Waals surface area contributed by atoms with Crippen LogP contribution in [-0.4, -0.2) is 27.9 Å². The zero-order chi connectivity index (χ0) is 20.4. The molecule has 0 saturated heterocycles. The van der Waals surface area contributed by atoms with Gasteiger partial charge in [0, 0.05) is 30.2 Å².